The van der Waals surface area contributed by atoms with Crippen LogP contribution in [0.2, 0.25) is 0 Å². The first-order valence-electron chi connectivity index (χ1n) is 9.92. The Bertz CT molecular complexity index is 1110. The lowest BCUT2D eigenvalue weighted by Gasteiger charge is -2.44. The molecule has 0 amide bonds. The van der Waals surface area contributed by atoms with Gasteiger partial charge >= 0.3 is 12.3 Å². The lowest BCUT2D eigenvalue weighted by molar-refractivity contribution is -0.274. The number of rotatable bonds is 6. The van der Waals surface area contributed by atoms with Crippen LogP contribution < -0.4 is 9.64 Å². The molecule has 2 atom stereocenters. The molecule has 1 saturated heterocycles. The zero-order valence-electron chi connectivity index (χ0n) is 17.7. The molecule has 0 saturated carbocycles. The van der Waals surface area contributed by atoms with Gasteiger partial charge in [0.05, 0.1) is 11.3 Å². The highest BCUT2D eigenvalue weighted by atomic mass is 79.9. The summed E-state index contributed by atoms with van der Waals surface area (Å²) < 4.78 is 69.7. The Hall–Kier alpha value is -2.31. The first-order valence-corrected chi connectivity index (χ1v) is 12.1. The van der Waals surface area contributed by atoms with Gasteiger partial charge in [-0.1, -0.05) is 15.9 Å². The summed E-state index contributed by atoms with van der Waals surface area (Å²) in [5.41, 5.74) is 1.00. The largest absolute Gasteiger partial charge is 0.573 e. The van der Waals surface area contributed by atoms with Crippen molar-refractivity contribution in [2.75, 3.05) is 18.0 Å². The van der Waals surface area contributed by atoms with E-state index < -0.39 is 34.4 Å². The van der Waals surface area contributed by atoms with Crippen molar-refractivity contribution in [3.05, 3.63) is 52.5 Å². The number of halogens is 4. The van der Waals surface area contributed by atoms with Crippen molar-refractivity contribution in [3.8, 4) is 5.75 Å². The molecule has 1 aliphatic rings. The predicted molar refractivity (Wildman–Crippen MR) is 119 cm³/mol. The Balaban J connectivity index is 1.81. The fourth-order valence-corrected chi connectivity index (χ4v) is 6.61. The average Bonchev–Trinajstić information content (AvgIpc) is 2.65. The van der Waals surface area contributed by atoms with Crippen LogP contribution in [0.15, 0.2) is 51.8 Å². The lowest BCUT2D eigenvalue weighted by Crippen LogP contribution is -2.58. The van der Waals surface area contributed by atoms with Crippen LogP contribution in [0.5, 0.6) is 5.75 Å². The highest BCUT2D eigenvalue weighted by Crippen LogP contribution is 2.31. The standard InChI is InChI=1S/C21H22BrF3N2O5S/c1-13-11-26(17-3-5-18(6-4-17)32-21(23,24)25)12-14(2)27(13)33(30,31)19-8-15(9-20(28)29)7-16(22)10-19/h3-8,10,13-14H,9,11-12H2,1-2H3,(H,28,29)/t13-,14?/m1/s1. The Morgan fingerprint density at radius 2 is 1.70 bits per heavy atom. The number of benzene rings is 2. The van der Waals surface area contributed by atoms with E-state index in [-0.39, 0.29) is 17.1 Å². The van der Waals surface area contributed by atoms with Crippen LogP contribution in [0.25, 0.3) is 0 Å². The van der Waals surface area contributed by atoms with Gasteiger partial charge in [-0.3, -0.25) is 4.79 Å². The Morgan fingerprint density at radius 1 is 1.12 bits per heavy atom. The minimum Gasteiger partial charge on any atom is -0.481 e. The molecule has 0 aliphatic carbocycles. The molecule has 2 aromatic rings. The maximum Gasteiger partial charge on any atom is 0.573 e. The molecule has 1 unspecified atom stereocenters. The van der Waals surface area contributed by atoms with E-state index in [1.165, 1.54) is 40.7 Å². The highest BCUT2D eigenvalue weighted by molar-refractivity contribution is 9.10. The van der Waals surface area contributed by atoms with Crippen LogP contribution in [-0.2, 0) is 21.2 Å². The predicted octanol–water partition coefficient (Wildman–Crippen LogP) is 4.26. The maximum atomic E-state index is 13.4. The van der Waals surface area contributed by atoms with Crippen molar-refractivity contribution < 1.29 is 36.2 Å². The molecule has 12 heteroatoms. The van der Waals surface area contributed by atoms with Gasteiger partial charge < -0.3 is 14.7 Å². The smallest absolute Gasteiger partial charge is 0.481 e. The summed E-state index contributed by atoms with van der Waals surface area (Å²) in [5, 5.41) is 9.05. The van der Waals surface area contributed by atoms with Crippen molar-refractivity contribution in [2.45, 2.75) is 43.6 Å². The summed E-state index contributed by atoms with van der Waals surface area (Å²) in [4.78, 5) is 13.0. The summed E-state index contributed by atoms with van der Waals surface area (Å²) in [5.74, 6) is -1.40. The number of carboxylic acid groups (broad SMARTS) is 1. The molecule has 1 fully saturated rings. The molecule has 7 nitrogen and oxygen atoms in total. The van der Waals surface area contributed by atoms with Crippen LogP contribution in [0, 0.1) is 0 Å². The number of anilines is 1. The van der Waals surface area contributed by atoms with Crippen molar-refractivity contribution in [1.82, 2.24) is 4.31 Å². The van der Waals surface area contributed by atoms with Gasteiger partial charge in [-0.15, -0.1) is 13.2 Å². The third kappa shape index (κ3) is 6.18. The summed E-state index contributed by atoms with van der Waals surface area (Å²) in [7, 11) is -3.94. The van der Waals surface area contributed by atoms with Gasteiger partial charge in [0.1, 0.15) is 5.75 Å². The maximum absolute atomic E-state index is 13.4. The minimum absolute atomic E-state index is 0.00562. The molecule has 1 N–H and O–H groups in total. The van der Waals surface area contributed by atoms with Crippen molar-refractivity contribution in [1.29, 1.82) is 0 Å². The molecule has 0 bridgehead atoms. The number of sulfonamides is 1. The van der Waals surface area contributed by atoms with Gasteiger partial charge in [0.2, 0.25) is 10.0 Å². The molecular weight excluding hydrogens is 529 g/mol. The molecule has 0 spiro atoms. The van der Waals surface area contributed by atoms with E-state index in [1.807, 2.05) is 4.90 Å². The quantitative estimate of drug-likeness (QED) is 0.578. The zero-order valence-corrected chi connectivity index (χ0v) is 20.1. The number of carboxylic acids is 1. The molecule has 3 rings (SSSR count). The van der Waals surface area contributed by atoms with Gasteiger partial charge in [-0.2, -0.15) is 4.31 Å². The van der Waals surface area contributed by atoms with E-state index >= 15 is 0 Å². The molecule has 33 heavy (non-hydrogen) atoms. The number of piperazine rings is 1. The minimum atomic E-state index is -4.78. The van der Waals surface area contributed by atoms with Crippen molar-refractivity contribution in [2.24, 2.45) is 0 Å². The first-order chi connectivity index (χ1) is 15.3. The monoisotopic (exact) mass is 550 g/mol. The zero-order chi connectivity index (χ0) is 24.6. The van der Waals surface area contributed by atoms with E-state index in [0.29, 0.717) is 28.8 Å². The third-order valence-electron chi connectivity index (χ3n) is 5.14. The van der Waals surface area contributed by atoms with E-state index in [2.05, 4.69) is 20.7 Å². The van der Waals surface area contributed by atoms with Gasteiger partial charge in [0, 0.05) is 35.3 Å². The summed E-state index contributed by atoms with van der Waals surface area (Å²) in [6.07, 6.45) is -5.09. The van der Waals surface area contributed by atoms with Crippen LogP contribution in [0.3, 0.4) is 0 Å². The molecule has 1 aliphatic heterocycles. The molecule has 1 heterocycles. The topological polar surface area (TPSA) is 87.2 Å². The van der Waals surface area contributed by atoms with Gasteiger partial charge in [0.15, 0.2) is 0 Å². The van der Waals surface area contributed by atoms with E-state index in [1.54, 1.807) is 19.9 Å². The molecule has 180 valence electrons. The second-order valence-electron chi connectivity index (χ2n) is 7.85. The average molecular weight is 551 g/mol. The van der Waals surface area contributed by atoms with Crippen molar-refractivity contribution >= 4 is 37.6 Å². The summed E-state index contributed by atoms with van der Waals surface area (Å²) in [6, 6.07) is 8.88. The normalized spacial score (nSPS) is 20.0. The Morgan fingerprint density at radius 3 is 2.21 bits per heavy atom. The van der Waals surface area contributed by atoms with Gasteiger partial charge in [-0.05, 0) is 61.9 Å². The van der Waals surface area contributed by atoms with E-state index in [9.17, 15) is 26.4 Å². The fourth-order valence-electron chi connectivity index (χ4n) is 4.02. The number of hydrogen-bond acceptors (Lipinski definition) is 5. The third-order valence-corrected chi connectivity index (χ3v) is 7.70. The number of hydrogen-bond donors (Lipinski definition) is 1. The number of nitrogens with zero attached hydrogens (tertiary/aromatic N) is 2. The van der Waals surface area contributed by atoms with Gasteiger partial charge in [-0.25, -0.2) is 8.42 Å². The number of aliphatic carboxylic acids is 1. The lowest BCUT2D eigenvalue weighted by atomic mass is 10.1. The Kier molecular flexibility index (Phi) is 7.30. The van der Waals surface area contributed by atoms with Crippen LogP contribution >= 0.6 is 15.9 Å². The van der Waals surface area contributed by atoms with E-state index in [0.717, 1.165) is 0 Å². The van der Waals surface area contributed by atoms with Crippen LogP contribution in [0.1, 0.15) is 19.4 Å². The van der Waals surface area contributed by atoms with Crippen LogP contribution in [-0.4, -0.2) is 55.3 Å². The van der Waals surface area contributed by atoms with E-state index in [4.69, 9.17) is 5.11 Å². The first kappa shape index (κ1) is 25.3. The van der Waals surface area contributed by atoms with Crippen molar-refractivity contribution in [3.63, 3.8) is 0 Å². The highest BCUT2D eigenvalue weighted by Gasteiger charge is 2.39. The second kappa shape index (κ2) is 9.51. The molecular formula is C21H22BrF3N2O5S. The molecule has 2 aromatic carbocycles. The Labute approximate surface area is 197 Å². The second-order valence-corrected chi connectivity index (χ2v) is 10.6. The number of ether oxygens (including phenoxy) is 1. The summed E-state index contributed by atoms with van der Waals surface area (Å²) in [6.45, 7) is 4.13. The molecule has 0 aromatic heterocycles. The number of alkyl halides is 3. The summed E-state index contributed by atoms with van der Waals surface area (Å²) >= 11 is 3.25. The SMILES string of the molecule is CC1CN(c2ccc(OC(F)(F)F)cc2)C[C@@H](C)N1S(=O)(=O)c1cc(Br)cc(CC(=O)O)c1. The number of carbonyl (C=O) groups is 1. The fraction of sp³-hybridized carbons (Fsp3) is 0.381. The molecule has 0 radical (unpaired) electrons. The van der Waals surface area contributed by atoms with Gasteiger partial charge in [0.25, 0.3) is 0 Å². The van der Waals surface area contributed by atoms with Crippen LogP contribution in [0.4, 0.5) is 18.9 Å².